The Morgan fingerprint density at radius 2 is 1.01 bits per heavy atom. The molecule has 1 rings (SSSR count). The fraction of sp³-hybridized carbons (Fsp3) is 0.927. The summed E-state index contributed by atoms with van der Waals surface area (Å²) in [4.78, 5) is 66.8. The molecule has 14 nitrogen and oxygen atoms in total. The van der Waals surface area contributed by atoms with Gasteiger partial charge in [0.25, 0.3) is 0 Å². The first-order valence-electron chi connectivity index (χ1n) is 29.0. The van der Waals surface area contributed by atoms with Gasteiger partial charge in [0.2, 0.25) is 7.34 Å². The highest BCUT2D eigenvalue weighted by molar-refractivity contribution is 7.46. The summed E-state index contributed by atoms with van der Waals surface area (Å²) in [6.45, 7) is 5.87. The van der Waals surface area contributed by atoms with Crippen LogP contribution in [-0.2, 0) is 47.2 Å². The third kappa shape index (κ3) is 36.8. The summed E-state index contributed by atoms with van der Waals surface area (Å²) in [5.74, 6) is -2.98. The van der Waals surface area contributed by atoms with Crippen molar-refractivity contribution in [2.45, 2.75) is 302 Å². The van der Waals surface area contributed by atoms with Gasteiger partial charge in [-0.05, 0) is 19.3 Å². The van der Waals surface area contributed by atoms with Crippen molar-refractivity contribution in [3.8, 4) is 0 Å². The molecule has 0 spiro atoms. The molecule has 7 atom stereocenters. The van der Waals surface area contributed by atoms with Gasteiger partial charge in [0.05, 0.1) is 51.0 Å². The fourth-order valence-corrected chi connectivity index (χ4v) is 10.0. The van der Waals surface area contributed by atoms with Crippen molar-refractivity contribution >= 4 is 31.6 Å². The standard InChI is InChI=1S/C55H104NO13P/c1-5-8-11-14-17-20-22-23-24-26-27-30-33-36-39-46(38-35-32-29-19-16-13-10-7-3)55(61)68-53-48(56-50(58)43-47(57)40-37-34-31-28-25-21-18-15-12-9-6-2)44-66-49(54(53)69-70(62,63)64)45-67-52(60)42-41-51(59)65-4/h46-49,53-54,57H,5-45H2,1-4H3,(H,56,58)(H2,62,63,64)/t46?,47?,48-,49+,53+,54+/m0/s1/i/hD. The second-order valence-electron chi connectivity index (χ2n) is 20.3. The number of ether oxygens (including phenoxy) is 4. The van der Waals surface area contributed by atoms with Crippen LogP contribution in [-0.4, -0.2) is 90.9 Å². The van der Waals surface area contributed by atoms with E-state index in [1.807, 2.05) is 0 Å². The van der Waals surface area contributed by atoms with Crippen molar-refractivity contribution in [1.82, 2.24) is 5.32 Å². The van der Waals surface area contributed by atoms with Gasteiger partial charge in [-0.3, -0.25) is 23.7 Å². The topological polar surface area (TPSA) is 204 Å². The first-order valence-corrected chi connectivity index (χ1v) is 30.1. The van der Waals surface area contributed by atoms with Crippen LogP contribution in [0.5, 0.6) is 0 Å². The number of nitrogens with one attached hydrogen (secondary N) is 1. The average molecular weight is 1020 g/mol. The van der Waals surface area contributed by atoms with Crippen molar-refractivity contribution < 1.29 is 62.1 Å². The molecule has 70 heavy (non-hydrogen) atoms. The normalized spacial score (nSPS) is 18.9. The molecule has 4 N–H and O–H groups in total. The van der Waals surface area contributed by atoms with Gasteiger partial charge in [0.15, 0.2) is 6.10 Å². The molecule has 15 heteroatoms. The van der Waals surface area contributed by atoms with E-state index in [-0.39, 0.29) is 25.9 Å². The zero-order valence-corrected chi connectivity index (χ0v) is 45.7. The monoisotopic (exact) mass is 1020 g/mol. The predicted octanol–water partition coefficient (Wildman–Crippen LogP) is 13.2. The Kier molecular flexibility index (Phi) is 40.6. The van der Waals surface area contributed by atoms with E-state index in [1.165, 1.54) is 142 Å². The molecule has 0 aliphatic carbocycles. The Bertz CT molecular complexity index is 1380. The minimum absolute atomic E-state index is 0.226. The molecule has 3 unspecified atom stereocenters. The summed E-state index contributed by atoms with van der Waals surface area (Å²) in [6, 6.07) is -1.10. The maximum Gasteiger partial charge on any atom is 0.470 e. The number of amides is 1. The zero-order chi connectivity index (χ0) is 52.2. The van der Waals surface area contributed by atoms with Gasteiger partial charge in [0, 0.05) is 0 Å². The van der Waals surface area contributed by atoms with Crippen LogP contribution in [0.4, 0.5) is 0 Å². The van der Waals surface area contributed by atoms with Gasteiger partial charge >= 0.3 is 25.7 Å². The van der Waals surface area contributed by atoms with Gasteiger partial charge in [-0.25, -0.2) is 4.57 Å². The van der Waals surface area contributed by atoms with Gasteiger partial charge in [-0.1, -0.05) is 233 Å². The third-order valence-electron chi connectivity index (χ3n) is 13.8. The maximum atomic E-state index is 14.4. The minimum atomic E-state index is -5.12. The Morgan fingerprint density at radius 1 is 0.614 bits per heavy atom. The molecule has 0 aromatic rings. The largest absolute Gasteiger partial charge is 0.470 e. The van der Waals surface area contributed by atoms with Gasteiger partial charge in [-0.15, -0.1) is 0 Å². The number of carbonyl (C=O) groups is 4. The van der Waals surface area contributed by atoms with Crippen LogP contribution in [0.3, 0.4) is 0 Å². The van der Waals surface area contributed by atoms with Crippen molar-refractivity contribution in [2.75, 3.05) is 20.3 Å². The van der Waals surface area contributed by atoms with E-state index in [0.717, 1.165) is 77.0 Å². The summed E-state index contributed by atoms with van der Waals surface area (Å²) in [5, 5.41) is 13.7. The Balaban J connectivity index is 3.12. The number of esters is 3. The summed E-state index contributed by atoms with van der Waals surface area (Å²) in [7, 11) is -3.92. The van der Waals surface area contributed by atoms with Crippen LogP contribution in [0.15, 0.2) is 0 Å². The molecule has 1 aliphatic rings. The molecule has 1 heterocycles. The molecule has 0 bridgehead atoms. The number of hydrogen-bond donors (Lipinski definition) is 4. The first-order chi connectivity index (χ1) is 34.4. The lowest BCUT2D eigenvalue weighted by molar-refractivity contribution is -0.196. The van der Waals surface area contributed by atoms with Crippen LogP contribution in [0, 0.1) is 5.92 Å². The lowest BCUT2D eigenvalue weighted by atomic mass is 9.93. The van der Waals surface area contributed by atoms with E-state index in [1.54, 1.807) is 0 Å². The molecule has 412 valence electrons. The van der Waals surface area contributed by atoms with E-state index < -0.39 is 74.6 Å². The molecule has 1 saturated heterocycles. The number of aliphatic hydroxyl groups excluding tert-OH is 1. The Hall–Kier alpha value is -2.09. The van der Waals surface area contributed by atoms with Gasteiger partial charge < -0.3 is 39.2 Å². The molecule has 0 aromatic carbocycles. The lowest BCUT2D eigenvalue weighted by Gasteiger charge is -2.42. The van der Waals surface area contributed by atoms with E-state index in [2.05, 4.69) is 35.7 Å². The van der Waals surface area contributed by atoms with Crippen LogP contribution in [0.25, 0.3) is 0 Å². The van der Waals surface area contributed by atoms with Gasteiger partial charge in [-0.2, -0.15) is 0 Å². The summed E-state index contributed by atoms with van der Waals surface area (Å²) in [5.41, 5.74) is 0. The number of hydrogen-bond acceptors (Lipinski definition) is 12. The highest BCUT2D eigenvalue weighted by Gasteiger charge is 2.48. The zero-order valence-electron chi connectivity index (χ0n) is 45.8. The van der Waals surface area contributed by atoms with E-state index >= 15 is 0 Å². The van der Waals surface area contributed by atoms with Crippen molar-refractivity contribution in [3.63, 3.8) is 0 Å². The van der Waals surface area contributed by atoms with Crippen LogP contribution >= 0.6 is 7.82 Å². The van der Waals surface area contributed by atoms with E-state index in [0.29, 0.717) is 19.3 Å². The molecule has 0 saturated carbocycles. The predicted molar refractivity (Wildman–Crippen MR) is 278 cm³/mol. The van der Waals surface area contributed by atoms with Crippen LogP contribution in [0.2, 0.25) is 0 Å². The molecule has 0 radical (unpaired) electrons. The van der Waals surface area contributed by atoms with Gasteiger partial charge in [0.1, 0.15) is 18.8 Å². The molecular formula is C55H104NO13P. The molecule has 1 fully saturated rings. The van der Waals surface area contributed by atoms with Crippen LogP contribution < -0.4 is 5.32 Å². The second-order valence-corrected chi connectivity index (χ2v) is 21.4. The average Bonchev–Trinajstić information content (AvgIpc) is 3.35. The van der Waals surface area contributed by atoms with Crippen molar-refractivity contribution in [3.05, 3.63) is 0 Å². The fourth-order valence-electron chi connectivity index (χ4n) is 9.45. The molecular weight excluding hydrogens is 914 g/mol. The van der Waals surface area contributed by atoms with Crippen molar-refractivity contribution in [1.29, 1.82) is 1.43 Å². The minimum Gasteiger partial charge on any atom is -0.469 e. The van der Waals surface area contributed by atoms with E-state index in [9.17, 15) is 33.7 Å². The summed E-state index contributed by atoms with van der Waals surface area (Å²) >= 11 is 0. The highest BCUT2D eigenvalue weighted by atomic mass is 31.2. The number of aliphatic hydroxyl groups is 1. The third-order valence-corrected chi connectivity index (χ3v) is 14.3. The summed E-state index contributed by atoms with van der Waals surface area (Å²) in [6.07, 6.45) is 34.1. The number of methoxy groups -OCH3 is 1. The van der Waals surface area contributed by atoms with Crippen LogP contribution in [0.1, 0.15) is 271 Å². The van der Waals surface area contributed by atoms with Crippen molar-refractivity contribution in [2.24, 2.45) is 5.92 Å². The Labute approximate surface area is 427 Å². The highest BCUT2D eigenvalue weighted by Crippen LogP contribution is 2.42. The number of phosphoric ester groups is 1. The summed E-state index contributed by atoms with van der Waals surface area (Å²) < 4.78 is 47.9. The number of unbranched alkanes of at least 4 members (excludes halogenated alkanes) is 30. The maximum absolute atomic E-state index is 14.4. The smallest absolute Gasteiger partial charge is 0.469 e. The number of carbonyl (C=O) groups excluding carboxylic acids is 4. The number of phosphoric acid groups is 1. The lowest BCUT2D eigenvalue weighted by Crippen LogP contribution is -2.62. The molecule has 1 aliphatic heterocycles. The quantitative estimate of drug-likeness (QED) is 0.0194. The molecule has 1 amide bonds. The number of rotatable bonds is 49. The second kappa shape index (κ2) is 44.4. The van der Waals surface area contributed by atoms with E-state index in [4.69, 9.17) is 20.2 Å². The SMILES string of the molecule is [2H]OP(=O)(O)O[C@H]1[C@H](OC(=O)C(CCCCCCCCCC)CCCCCCCCCCCCCCCC)[C@@H](NC(=O)CC(O)CCCCCCCCCCCCC)CO[C@@H]1COC(=O)CCC(=O)OC. The molecule has 0 aromatic heterocycles. The Morgan fingerprint density at radius 3 is 1.43 bits per heavy atom. The first kappa shape index (κ1) is 64.0.